The molecule has 1 aromatic carbocycles. The molecule has 0 spiro atoms. The number of anilines is 1. The lowest BCUT2D eigenvalue weighted by molar-refractivity contribution is 0.121. The van der Waals surface area contributed by atoms with Gasteiger partial charge in [0.15, 0.2) is 0 Å². The van der Waals surface area contributed by atoms with Crippen molar-refractivity contribution in [2.24, 2.45) is 5.92 Å². The van der Waals surface area contributed by atoms with Crippen LogP contribution in [0.3, 0.4) is 0 Å². The second-order valence-corrected chi connectivity index (χ2v) is 8.70. The van der Waals surface area contributed by atoms with Crippen LogP contribution in [0.25, 0.3) is 0 Å². The van der Waals surface area contributed by atoms with Crippen LogP contribution < -0.4 is 5.73 Å². The Morgan fingerprint density at radius 3 is 2.29 bits per heavy atom. The summed E-state index contributed by atoms with van der Waals surface area (Å²) in [5.41, 5.74) is 6.23. The molecule has 0 saturated carbocycles. The molecule has 1 heterocycles. The number of piperidine rings is 1. The Morgan fingerprint density at radius 1 is 1.29 bits per heavy atom. The van der Waals surface area contributed by atoms with Crippen LogP contribution in [0.1, 0.15) is 12.8 Å². The molecule has 0 radical (unpaired) electrons. The van der Waals surface area contributed by atoms with E-state index in [4.69, 9.17) is 10.5 Å². The molecule has 1 aliphatic rings. The lowest BCUT2D eigenvalue weighted by Crippen LogP contribution is -2.39. The summed E-state index contributed by atoms with van der Waals surface area (Å²) in [6, 6.07) is 3.21. The Kier molecular flexibility index (Phi) is 5.70. The third-order valence-corrected chi connectivity index (χ3v) is 7.37. The minimum atomic E-state index is -3.54. The largest absolute Gasteiger partial charge is 0.399 e. The first-order valence-corrected chi connectivity index (χ1v) is 9.62. The summed E-state index contributed by atoms with van der Waals surface area (Å²) in [5.74, 6) is 0.430. The molecule has 5 nitrogen and oxygen atoms in total. The van der Waals surface area contributed by atoms with E-state index in [1.54, 1.807) is 19.2 Å². The fraction of sp³-hybridized carbons (Fsp3) is 0.538. The average Bonchev–Trinajstić information content (AvgIpc) is 2.38. The van der Waals surface area contributed by atoms with E-state index in [0.29, 0.717) is 40.2 Å². The summed E-state index contributed by atoms with van der Waals surface area (Å²) in [6.07, 6.45) is 1.63. The minimum Gasteiger partial charge on any atom is -0.399 e. The Bertz CT molecular complexity index is 591. The number of nitrogens with zero attached hydrogens (tertiary/aromatic N) is 1. The maximum atomic E-state index is 12.8. The maximum absolute atomic E-state index is 12.8. The second-order valence-electron chi connectivity index (χ2n) is 5.12. The summed E-state index contributed by atoms with van der Waals surface area (Å²) in [6.45, 7) is 1.71. The highest BCUT2D eigenvalue weighted by Crippen LogP contribution is 2.35. The van der Waals surface area contributed by atoms with E-state index in [2.05, 4.69) is 31.9 Å². The fourth-order valence-corrected chi connectivity index (χ4v) is 6.52. The van der Waals surface area contributed by atoms with Gasteiger partial charge in [-0.3, -0.25) is 0 Å². The predicted molar refractivity (Wildman–Crippen MR) is 89.6 cm³/mol. The first-order chi connectivity index (χ1) is 9.86. The summed E-state index contributed by atoms with van der Waals surface area (Å²) in [5, 5.41) is 0. The van der Waals surface area contributed by atoms with E-state index in [1.165, 1.54) is 4.31 Å². The molecule has 0 aliphatic carbocycles. The van der Waals surface area contributed by atoms with Crippen LogP contribution in [0.15, 0.2) is 26.0 Å². The lowest BCUT2D eigenvalue weighted by Gasteiger charge is -2.31. The molecule has 0 aromatic heterocycles. The molecule has 1 aliphatic heterocycles. The van der Waals surface area contributed by atoms with Gasteiger partial charge in [0.2, 0.25) is 10.0 Å². The van der Waals surface area contributed by atoms with Crippen molar-refractivity contribution in [3.63, 3.8) is 0 Å². The number of rotatable bonds is 4. The Hall–Kier alpha value is -0.150. The van der Waals surface area contributed by atoms with Crippen LogP contribution in [0.5, 0.6) is 0 Å². The number of sulfonamides is 1. The number of benzene rings is 1. The van der Waals surface area contributed by atoms with Crippen LogP contribution in [-0.2, 0) is 14.8 Å². The molecule has 1 aromatic rings. The van der Waals surface area contributed by atoms with E-state index >= 15 is 0 Å². The van der Waals surface area contributed by atoms with Crippen LogP contribution in [0.2, 0.25) is 0 Å². The van der Waals surface area contributed by atoms with Crippen LogP contribution >= 0.6 is 31.9 Å². The van der Waals surface area contributed by atoms with E-state index in [9.17, 15) is 8.42 Å². The molecule has 8 heteroatoms. The third-order valence-electron chi connectivity index (χ3n) is 3.59. The SMILES string of the molecule is COCC1CCN(S(=O)(=O)c2c(Br)cc(N)cc2Br)CC1. The summed E-state index contributed by atoms with van der Waals surface area (Å²) < 4.78 is 33.2. The molecule has 1 saturated heterocycles. The minimum absolute atomic E-state index is 0.238. The van der Waals surface area contributed by atoms with Crippen molar-refractivity contribution < 1.29 is 13.2 Å². The van der Waals surface area contributed by atoms with Crippen molar-refractivity contribution >= 4 is 47.6 Å². The van der Waals surface area contributed by atoms with Gasteiger partial charge in [0, 0.05) is 41.4 Å². The van der Waals surface area contributed by atoms with Crippen LogP contribution in [0.4, 0.5) is 5.69 Å². The molecular formula is C13H18Br2N2O3S. The van der Waals surface area contributed by atoms with Gasteiger partial charge in [-0.05, 0) is 62.8 Å². The number of nitrogen functional groups attached to an aromatic ring is 1. The topological polar surface area (TPSA) is 72.6 Å². The second kappa shape index (κ2) is 6.95. The van der Waals surface area contributed by atoms with E-state index in [0.717, 1.165) is 12.8 Å². The predicted octanol–water partition coefficient (Wildman–Crippen LogP) is 2.84. The van der Waals surface area contributed by atoms with Crippen molar-refractivity contribution in [2.45, 2.75) is 17.7 Å². The summed E-state index contributed by atoms with van der Waals surface area (Å²) in [4.78, 5) is 0.238. The zero-order chi connectivity index (χ0) is 15.6. The van der Waals surface area contributed by atoms with Gasteiger partial charge in [-0.25, -0.2) is 8.42 Å². The average molecular weight is 442 g/mol. The first kappa shape index (κ1) is 17.2. The Morgan fingerprint density at radius 2 is 1.81 bits per heavy atom. The number of nitrogens with two attached hydrogens (primary N) is 1. The highest BCUT2D eigenvalue weighted by Gasteiger charge is 2.32. The van der Waals surface area contributed by atoms with Gasteiger partial charge in [0.25, 0.3) is 0 Å². The van der Waals surface area contributed by atoms with Gasteiger partial charge in [0.1, 0.15) is 4.90 Å². The van der Waals surface area contributed by atoms with E-state index in [1.807, 2.05) is 0 Å². The summed E-state index contributed by atoms with van der Waals surface area (Å²) >= 11 is 6.60. The first-order valence-electron chi connectivity index (χ1n) is 6.60. The van der Waals surface area contributed by atoms with Gasteiger partial charge >= 0.3 is 0 Å². The van der Waals surface area contributed by atoms with E-state index in [-0.39, 0.29) is 4.90 Å². The van der Waals surface area contributed by atoms with Gasteiger partial charge in [-0.15, -0.1) is 0 Å². The Labute approximate surface area is 142 Å². The molecule has 0 atom stereocenters. The van der Waals surface area contributed by atoms with Crippen molar-refractivity contribution in [1.82, 2.24) is 4.31 Å². The number of halogens is 2. The molecule has 0 bridgehead atoms. The monoisotopic (exact) mass is 440 g/mol. The van der Waals surface area contributed by atoms with Gasteiger partial charge in [0.05, 0.1) is 0 Å². The van der Waals surface area contributed by atoms with Crippen LogP contribution in [0, 0.1) is 5.92 Å². The smallest absolute Gasteiger partial charge is 0.245 e. The number of hydrogen-bond donors (Lipinski definition) is 1. The van der Waals surface area contributed by atoms with Crippen molar-refractivity contribution in [2.75, 3.05) is 32.5 Å². The molecule has 2 rings (SSSR count). The molecule has 2 N–H and O–H groups in total. The van der Waals surface area contributed by atoms with Crippen LogP contribution in [-0.4, -0.2) is 39.5 Å². The molecular weight excluding hydrogens is 424 g/mol. The standard InChI is InChI=1S/C13H18Br2N2O3S/c1-20-8-9-2-4-17(5-3-9)21(18,19)13-11(14)6-10(16)7-12(13)15/h6-7,9H,2-5,8,16H2,1H3. The van der Waals surface area contributed by atoms with Gasteiger partial charge < -0.3 is 10.5 Å². The fourth-order valence-electron chi connectivity index (χ4n) is 2.51. The molecule has 118 valence electrons. The maximum Gasteiger partial charge on any atom is 0.245 e. The highest BCUT2D eigenvalue weighted by molar-refractivity contribution is 9.11. The zero-order valence-corrected chi connectivity index (χ0v) is 15.7. The summed E-state index contributed by atoms with van der Waals surface area (Å²) in [7, 11) is -1.86. The lowest BCUT2D eigenvalue weighted by atomic mass is 9.99. The quantitative estimate of drug-likeness (QED) is 0.729. The normalized spacial score (nSPS) is 18.0. The van der Waals surface area contributed by atoms with Crippen molar-refractivity contribution in [1.29, 1.82) is 0 Å². The van der Waals surface area contributed by atoms with Gasteiger partial charge in [-0.2, -0.15) is 4.31 Å². The number of methoxy groups -OCH3 is 1. The number of ether oxygens (including phenoxy) is 1. The Balaban J connectivity index is 2.24. The number of hydrogen-bond acceptors (Lipinski definition) is 4. The van der Waals surface area contributed by atoms with Gasteiger partial charge in [-0.1, -0.05) is 0 Å². The molecule has 1 fully saturated rings. The zero-order valence-electron chi connectivity index (χ0n) is 11.7. The molecule has 0 amide bonds. The molecule has 21 heavy (non-hydrogen) atoms. The highest BCUT2D eigenvalue weighted by atomic mass is 79.9. The van der Waals surface area contributed by atoms with Crippen molar-refractivity contribution in [3.05, 3.63) is 21.1 Å². The van der Waals surface area contributed by atoms with E-state index < -0.39 is 10.0 Å². The molecule has 0 unspecified atom stereocenters. The van der Waals surface area contributed by atoms with Crippen molar-refractivity contribution in [3.8, 4) is 0 Å². The third kappa shape index (κ3) is 3.79.